The molecule has 3 atom stereocenters. The van der Waals surface area contributed by atoms with Crippen molar-refractivity contribution in [3.8, 4) is 5.75 Å². The Hall–Kier alpha value is -2.98. The summed E-state index contributed by atoms with van der Waals surface area (Å²) >= 11 is 1.34. The van der Waals surface area contributed by atoms with Gasteiger partial charge in [0.1, 0.15) is 24.2 Å². The van der Waals surface area contributed by atoms with Crippen LogP contribution in [0.5, 0.6) is 5.75 Å². The van der Waals surface area contributed by atoms with Crippen LogP contribution in [0, 0.1) is 0 Å². The van der Waals surface area contributed by atoms with Crippen molar-refractivity contribution in [3.05, 3.63) is 40.3 Å². The van der Waals surface area contributed by atoms with Crippen molar-refractivity contribution >= 4 is 34.7 Å². The summed E-state index contributed by atoms with van der Waals surface area (Å²) in [5, 5.41) is 7.23. The first-order chi connectivity index (χ1) is 15.5. The van der Waals surface area contributed by atoms with Crippen molar-refractivity contribution in [1.82, 2.24) is 15.2 Å². The Kier molecular flexibility index (Phi) is 6.71. The van der Waals surface area contributed by atoms with Crippen LogP contribution in [0.15, 0.2) is 29.1 Å². The van der Waals surface area contributed by atoms with Gasteiger partial charge in [-0.3, -0.25) is 14.4 Å². The molecule has 3 heterocycles. The summed E-state index contributed by atoms with van der Waals surface area (Å²) in [6.45, 7) is 2.73. The Morgan fingerprint density at radius 1 is 1.31 bits per heavy atom. The van der Waals surface area contributed by atoms with Crippen LogP contribution in [0.2, 0.25) is 0 Å². The minimum Gasteiger partial charge on any atom is -0.490 e. The maximum absolute atomic E-state index is 13.3. The summed E-state index contributed by atoms with van der Waals surface area (Å²) in [6, 6.07) is 4.83. The van der Waals surface area contributed by atoms with Crippen LogP contribution >= 0.6 is 11.3 Å². The quantitative estimate of drug-likeness (QED) is 0.712. The monoisotopic (exact) mass is 458 g/mol. The first-order valence-corrected chi connectivity index (χ1v) is 11.6. The minimum atomic E-state index is -0.335. The second kappa shape index (κ2) is 9.66. The second-order valence-electron chi connectivity index (χ2n) is 7.86. The fourth-order valence-corrected chi connectivity index (χ4v) is 4.63. The van der Waals surface area contributed by atoms with Crippen molar-refractivity contribution in [1.29, 1.82) is 0 Å². The first kappa shape index (κ1) is 22.2. The zero-order valence-electron chi connectivity index (χ0n) is 18.0. The van der Waals surface area contributed by atoms with E-state index in [4.69, 9.17) is 9.47 Å². The molecule has 4 rings (SSSR count). The second-order valence-corrected chi connectivity index (χ2v) is 8.58. The smallest absolute Gasteiger partial charge is 0.275 e. The molecule has 1 saturated heterocycles. The van der Waals surface area contributed by atoms with Gasteiger partial charge in [0, 0.05) is 24.7 Å². The standard InChI is InChI=1S/C22H26N4O5S/c1-3-23-20(27)9-14-5-6-17-19(31-14)10-30-18-7-4-13(8-15(18)22(29)26(17)2)25-21(28)16-11-32-12-24-16/h4,7-8,11-12,14,17,19H,3,5-6,9-10H2,1-2H3,(H,23,27)(H,25,28)/t14-,17-,19+/m0/s1. The number of hydrogen-bond acceptors (Lipinski definition) is 7. The van der Waals surface area contributed by atoms with Crippen LogP contribution in [0.1, 0.15) is 47.0 Å². The molecule has 0 saturated carbocycles. The zero-order valence-corrected chi connectivity index (χ0v) is 18.8. The Morgan fingerprint density at radius 2 is 2.16 bits per heavy atom. The third kappa shape index (κ3) is 4.76. The van der Waals surface area contributed by atoms with Gasteiger partial charge in [0.15, 0.2) is 0 Å². The molecule has 0 unspecified atom stereocenters. The number of aromatic nitrogens is 1. The lowest BCUT2D eigenvalue weighted by Crippen LogP contribution is -2.54. The number of carbonyl (C=O) groups is 3. The largest absolute Gasteiger partial charge is 0.490 e. The molecule has 0 radical (unpaired) electrons. The summed E-state index contributed by atoms with van der Waals surface area (Å²) in [4.78, 5) is 43.2. The molecule has 2 N–H and O–H groups in total. The summed E-state index contributed by atoms with van der Waals surface area (Å²) < 4.78 is 12.1. The van der Waals surface area contributed by atoms with Crippen molar-refractivity contribution < 1.29 is 23.9 Å². The number of likely N-dealkylation sites (N-methyl/N-ethyl adjacent to an activating group) is 1. The molecule has 2 aliphatic rings. The summed E-state index contributed by atoms with van der Waals surface area (Å²) in [6.07, 6.45) is 1.18. The van der Waals surface area contributed by atoms with E-state index in [9.17, 15) is 14.4 Å². The Morgan fingerprint density at radius 3 is 2.91 bits per heavy atom. The van der Waals surface area contributed by atoms with Crippen LogP contribution in [0.25, 0.3) is 0 Å². The van der Waals surface area contributed by atoms with Gasteiger partial charge in [0.25, 0.3) is 11.8 Å². The Balaban J connectivity index is 1.49. The molecule has 0 spiro atoms. The molecule has 9 nitrogen and oxygen atoms in total. The van der Waals surface area contributed by atoms with E-state index in [0.29, 0.717) is 42.1 Å². The normalized spacial score (nSPS) is 22.6. The molecule has 10 heteroatoms. The number of benzene rings is 1. The highest BCUT2D eigenvalue weighted by atomic mass is 32.1. The molecular formula is C22H26N4O5S. The van der Waals surface area contributed by atoms with Gasteiger partial charge in [-0.25, -0.2) is 4.98 Å². The molecule has 3 amide bonds. The lowest BCUT2D eigenvalue weighted by atomic mass is 9.94. The predicted octanol–water partition coefficient (Wildman–Crippen LogP) is 2.30. The van der Waals surface area contributed by atoms with Gasteiger partial charge in [-0.1, -0.05) is 0 Å². The topological polar surface area (TPSA) is 110 Å². The maximum atomic E-state index is 13.3. The molecule has 170 valence electrons. The number of ether oxygens (including phenoxy) is 2. The van der Waals surface area contributed by atoms with Crippen LogP contribution in [0.4, 0.5) is 5.69 Å². The molecule has 2 aromatic rings. The lowest BCUT2D eigenvalue weighted by Gasteiger charge is -2.42. The Bertz CT molecular complexity index is 996. The molecule has 0 bridgehead atoms. The summed E-state index contributed by atoms with van der Waals surface area (Å²) in [7, 11) is 1.75. The highest BCUT2D eigenvalue weighted by molar-refractivity contribution is 7.07. The number of thiazole rings is 1. The Labute approximate surface area is 190 Å². The van der Waals surface area contributed by atoms with Gasteiger partial charge in [0.05, 0.1) is 29.6 Å². The van der Waals surface area contributed by atoms with Gasteiger partial charge >= 0.3 is 0 Å². The third-order valence-corrected chi connectivity index (χ3v) is 6.31. The molecule has 1 aromatic carbocycles. The van der Waals surface area contributed by atoms with Crippen molar-refractivity contribution in [2.75, 3.05) is 25.5 Å². The fourth-order valence-electron chi connectivity index (χ4n) is 4.10. The SMILES string of the molecule is CCNC(=O)C[C@@H]1CC[C@H]2[C@@H](COc3ccc(NC(=O)c4cscn4)cc3C(=O)N2C)O1. The number of nitrogens with one attached hydrogen (secondary N) is 2. The van der Waals surface area contributed by atoms with Crippen molar-refractivity contribution in [3.63, 3.8) is 0 Å². The zero-order chi connectivity index (χ0) is 22.7. The van der Waals surface area contributed by atoms with E-state index in [2.05, 4.69) is 15.6 Å². The summed E-state index contributed by atoms with van der Waals surface area (Å²) in [5.74, 6) is -0.144. The van der Waals surface area contributed by atoms with Crippen LogP contribution < -0.4 is 15.4 Å². The predicted molar refractivity (Wildman–Crippen MR) is 119 cm³/mol. The molecule has 0 aliphatic carbocycles. The number of nitrogens with zero attached hydrogens (tertiary/aromatic N) is 2. The number of fused-ring (bicyclic) bond motifs is 2. The van der Waals surface area contributed by atoms with E-state index < -0.39 is 0 Å². The average molecular weight is 459 g/mol. The van der Waals surface area contributed by atoms with E-state index in [1.807, 2.05) is 6.92 Å². The average Bonchev–Trinajstić information content (AvgIpc) is 3.32. The summed E-state index contributed by atoms with van der Waals surface area (Å²) in [5.41, 5.74) is 2.79. The van der Waals surface area contributed by atoms with Crippen molar-refractivity contribution in [2.45, 2.75) is 44.4 Å². The van der Waals surface area contributed by atoms with E-state index in [1.165, 1.54) is 11.3 Å². The minimum absolute atomic E-state index is 0.0373. The highest BCUT2D eigenvalue weighted by Crippen LogP contribution is 2.32. The molecule has 2 aliphatic heterocycles. The number of anilines is 1. The van der Waals surface area contributed by atoms with E-state index >= 15 is 0 Å². The van der Waals surface area contributed by atoms with E-state index in [0.717, 1.165) is 6.42 Å². The van der Waals surface area contributed by atoms with Gasteiger partial charge in [-0.15, -0.1) is 11.3 Å². The molecular weight excluding hydrogens is 432 g/mol. The number of carbonyl (C=O) groups excluding carboxylic acids is 3. The molecule has 1 fully saturated rings. The van der Waals surface area contributed by atoms with Gasteiger partial charge in [0.2, 0.25) is 5.91 Å². The van der Waals surface area contributed by atoms with Gasteiger partial charge in [-0.2, -0.15) is 0 Å². The first-order valence-electron chi connectivity index (χ1n) is 10.6. The number of hydrogen-bond donors (Lipinski definition) is 2. The van der Waals surface area contributed by atoms with E-state index in [-0.39, 0.29) is 42.6 Å². The highest BCUT2D eigenvalue weighted by Gasteiger charge is 2.39. The van der Waals surface area contributed by atoms with Gasteiger partial charge < -0.3 is 25.0 Å². The van der Waals surface area contributed by atoms with E-state index in [1.54, 1.807) is 41.0 Å². The molecule has 1 aromatic heterocycles. The molecule has 32 heavy (non-hydrogen) atoms. The van der Waals surface area contributed by atoms with Crippen LogP contribution in [-0.2, 0) is 9.53 Å². The van der Waals surface area contributed by atoms with Crippen LogP contribution in [-0.4, -0.2) is 66.1 Å². The lowest BCUT2D eigenvalue weighted by molar-refractivity contribution is -0.133. The number of amides is 3. The number of rotatable bonds is 5. The van der Waals surface area contributed by atoms with Gasteiger partial charge in [-0.05, 0) is 38.0 Å². The van der Waals surface area contributed by atoms with Crippen molar-refractivity contribution in [2.24, 2.45) is 0 Å². The van der Waals surface area contributed by atoms with Crippen LogP contribution in [0.3, 0.4) is 0 Å². The third-order valence-electron chi connectivity index (χ3n) is 5.72. The fraction of sp³-hybridized carbons (Fsp3) is 0.455. The maximum Gasteiger partial charge on any atom is 0.275 e.